The molecule has 1 amide bonds. The van der Waals surface area contributed by atoms with Crippen molar-refractivity contribution < 1.29 is 13.2 Å². The molecule has 19 heavy (non-hydrogen) atoms. The summed E-state index contributed by atoms with van der Waals surface area (Å²) >= 11 is 3.16. The lowest BCUT2D eigenvalue weighted by atomic mass is 10.3. The summed E-state index contributed by atoms with van der Waals surface area (Å²) in [5.74, 6) is -0.925. The van der Waals surface area contributed by atoms with Crippen molar-refractivity contribution in [3.63, 3.8) is 0 Å². The zero-order valence-corrected chi connectivity index (χ0v) is 13.3. The molecule has 0 aliphatic carbocycles. The first-order chi connectivity index (χ1) is 8.81. The molecule has 0 aromatic heterocycles. The summed E-state index contributed by atoms with van der Waals surface area (Å²) in [5.41, 5.74) is 6.02. The van der Waals surface area contributed by atoms with Gasteiger partial charge in [-0.2, -0.15) is 0 Å². The molecule has 0 atom stereocenters. The van der Waals surface area contributed by atoms with Crippen LogP contribution in [-0.2, 0) is 14.6 Å². The van der Waals surface area contributed by atoms with Crippen LogP contribution in [0, 0.1) is 0 Å². The molecule has 0 unspecified atom stereocenters. The van der Waals surface area contributed by atoms with E-state index in [4.69, 9.17) is 5.73 Å². The Bertz CT molecular complexity index is 568. The van der Waals surface area contributed by atoms with Gasteiger partial charge in [-0.3, -0.25) is 4.79 Å². The monoisotopic (exact) mass is 348 g/mol. The van der Waals surface area contributed by atoms with E-state index in [2.05, 4.69) is 15.9 Å². The average Bonchev–Trinajstić information content (AvgIpc) is 2.29. The largest absolute Gasteiger partial charge is 0.399 e. The predicted octanol–water partition coefficient (Wildman–Crippen LogP) is 1.67. The molecule has 0 saturated heterocycles. The number of hydrogen-bond acceptors (Lipinski definition) is 4. The highest BCUT2D eigenvalue weighted by Gasteiger charge is 2.24. The highest BCUT2D eigenvalue weighted by atomic mass is 79.9. The Morgan fingerprint density at radius 2 is 1.89 bits per heavy atom. The van der Waals surface area contributed by atoms with Crippen molar-refractivity contribution >= 4 is 37.4 Å². The van der Waals surface area contributed by atoms with Crippen molar-refractivity contribution in [1.29, 1.82) is 0 Å². The number of hydrogen-bond donors (Lipinski definition) is 1. The van der Waals surface area contributed by atoms with E-state index in [-0.39, 0.29) is 4.90 Å². The second-order valence-corrected chi connectivity index (χ2v) is 6.83. The summed E-state index contributed by atoms with van der Waals surface area (Å²) in [6.07, 6.45) is 0. The van der Waals surface area contributed by atoms with Crippen molar-refractivity contribution in [3.05, 3.63) is 22.7 Å². The van der Waals surface area contributed by atoms with Gasteiger partial charge in [-0.1, -0.05) is 0 Å². The summed E-state index contributed by atoms with van der Waals surface area (Å²) in [5, 5.41) is 0. The van der Waals surface area contributed by atoms with Crippen molar-refractivity contribution in [1.82, 2.24) is 4.90 Å². The Morgan fingerprint density at radius 1 is 1.32 bits per heavy atom. The average molecular weight is 349 g/mol. The number of benzene rings is 1. The molecule has 0 saturated carbocycles. The molecular formula is C12H17BrN2O3S. The van der Waals surface area contributed by atoms with Crippen LogP contribution in [0.15, 0.2) is 27.6 Å². The normalized spacial score (nSPS) is 11.3. The highest BCUT2D eigenvalue weighted by molar-refractivity contribution is 9.10. The molecule has 0 aliphatic rings. The van der Waals surface area contributed by atoms with Crippen LogP contribution in [-0.4, -0.2) is 38.1 Å². The van der Waals surface area contributed by atoms with Crippen LogP contribution >= 0.6 is 15.9 Å². The zero-order chi connectivity index (χ0) is 14.6. The second kappa shape index (κ2) is 6.38. The van der Waals surface area contributed by atoms with E-state index in [1.807, 2.05) is 13.8 Å². The van der Waals surface area contributed by atoms with Crippen LogP contribution < -0.4 is 5.73 Å². The first kappa shape index (κ1) is 16.0. The smallest absolute Gasteiger partial charge is 0.238 e. The Morgan fingerprint density at radius 3 is 2.37 bits per heavy atom. The lowest BCUT2D eigenvalue weighted by Gasteiger charge is -2.18. The van der Waals surface area contributed by atoms with Crippen LogP contribution in [0.4, 0.5) is 5.69 Å². The molecule has 2 N–H and O–H groups in total. The fraction of sp³-hybridized carbons (Fsp3) is 0.417. The second-order valence-electron chi connectivity index (χ2n) is 4.01. The van der Waals surface area contributed by atoms with Crippen LogP contribution in [0.1, 0.15) is 13.8 Å². The van der Waals surface area contributed by atoms with Gasteiger partial charge in [-0.15, -0.1) is 0 Å². The van der Waals surface area contributed by atoms with E-state index in [1.54, 1.807) is 0 Å². The van der Waals surface area contributed by atoms with Crippen molar-refractivity contribution in [2.75, 3.05) is 24.6 Å². The summed E-state index contributed by atoms with van der Waals surface area (Å²) < 4.78 is 24.8. The Kier molecular flexibility index (Phi) is 5.37. The SMILES string of the molecule is CCN(CC)C(=O)CS(=O)(=O)c1ccc(N)cc1Br. The minimum absolute atomic E-state index is 0.0854. The van der Waals surface area contributed by atoms with Gasteiger partial charge in [0.2, 0.25) is 5.91 Å². The van der Waals surface area contributed by atoms with Crippen LogP contribution in [0.5, 0.6) is 0 Å². The number of carbonyl (C=O) groups excluding carboxylic acids is 1. The first-order valence-electron chi connectivity index (χ1n) is 5.87. The number of amides is 1. The van der Waals surface area contributed by atoms with E-state index in [9.17, 15) is 13.2 Å². The van der Waals surface area contributed by atoms with Gasteiger partial charge >= 0.3 is 0 Å². The molecule has 0 spiro atoms. The lowest BCUT2D eigenvalue weighted by Crippen LogP contribution is -2.35. The quantitative estimate of drug-likeness (QED) is 0.820. The minimum atomic E-state index is -3.67. The van der Waals surface area contributed by atoms with E-state index < -0.39 is 21.5 Å². The Hall–Kier alpha value is -1.08. The molecule has 0 fully saturated rings. The predicted molar refractivity (Wildman–Crippen MR) is 78.5 cm³/mol. The number of carbonyl (C=O) groups is 1. The number of nitrogen functional groups attached to an aromatic ring is 1. The Balaban J connectivity index is 3.02. The molecule has 0 radical (unpaired) electrons. The van der Waals surface area contributed by atoms with Crippen molar-refractivity contribution in [2.24, 2.45) is 0 Å². The van der Waals surface area contributed by atoms with E-state index in [0.29, 0.717) is 23.2 Å². The molecule has 1 rings (SSSR count). The number of halogens is 1. The molecule has 1 aromatic carbocycles. The highest BCUT2D eigenvalue weighted by Crippen LogP contribution is 2.25. The number of nitrogens with zero attached hydrogens (tertiary/aromatic N) is 1. The number of anilines is 1. The minimum Gasteiger partial charge on any atom is -0.399 e. The number of rotatable bonds is 5. The van der Waals surface area contributed by atoms with E-state index >= 15 is 0 Å². The Labute approximate surface area is 121 Å². The maximum Gasteiger partial charge on any atom is 0.238 e. The van der Waals surface area contributed by atoms with Crippen LogP contribution in [0.3, 0.4) is 0 Å². The third-order valence-electron chi connectivity index (χ3n) is 2.72. The van der Waals surface area contributed by atoms with E-state index in [1.165, 1.54) is 23.1 Å². The van der Waals surface area contributed by atoms with Gasteiger partial charge in [0.15, 0.2) is 9.84 Å². The van der Waals surface area contributed by atoms with Crippen LogP contribution in [0.25, 0.3) is 0 Å². The van der Waals surface area contributed by atoms with Gasteiger partial charge in [0.05, 0.1) is 4.90 Å². The maximum absolute atomic E-state index is 12.2. The van der Waals surface area contributed by atoms with Crippen LogP contribution in [0.2, 0.25) is 0 Å². The molecule has 0 heterocycles. The lowest BCUT2D eigenvalue weighted by molar-refractivity contribution is -0.128. The third-order valence-corrected chi connectivity index (χ3v) is 5.29. The van der Waals surface area contributed by atoms with Gasteiger partial charge in [-0.05, 0) is 48.0 Å². The van der Waals surface area contributed by atoms with E-state index in [0.717, 1.165) is 0 Å². The fourth-order valence-electron chi connectivity index (χ4n) is 1.68. The number of nitrogens with two attached hydrogens (primary N) is 1. The van der Waals surface area contributed by atoms with Gasteiger partial charge in [0.1, 0.15) is 5.75 Å². The molecule has 0 bridgehead atoms. The maximum atomic E-state index is 12.2. The van der Waals surface area contributed by atoms with Crippen molar-refractivity contribution in [2.45, 2.75) is 18.7 Å². The molecule has 7 heteroatoms. The molecule has 5 nitrogen and oxygen atoms in total. The van der Waals surface area contributed by atoms with Gasteiger partial charge < -0.3 is 10.6 Å². The summed E-state index contributed by atoms with van der Waals surface area (Å²) in [7, 11) is -3.67. The van der Waals surface area contributed by atoms with Crippen molar-refractivity contribution in [3.8, 4) is 0 Å². The van der Waals surface area contributed by atoms with Gasteiger partial charge in [-0.25, -0.2) is 8.42 Å². The third kappa shape index (κ3) is 3.94. The molecule has 1 aromatic rings. The van der Waals surface area contributed by atoms with Gasteiger partial charge in [0, 0.05) is 23.2 Å². The fourth-order valence-corrected chi connectivity index (χ4v) is 4.11. The van der Waals surface area contributed by atoms with Gasteiger partial charge in [0.25, 0.3) is 0 Å². The topological polar surface area (TPSA) is 80.5 Å². The summed E-state index contributed by atoms with van der Waals surface area (Å²) in [6, 6.07) is 4.42. The standard InChI is InChI=1S/C12H17BrN2O3S/c1-3-15(4-2)12(16)8-19(17,18)11-6-5-9(14)7-10(11)13/h5-7H,3-4,8,14H2,1-2H3. The molecule has 0 aliphatic heterocycles. The first-order valence-corrected chi connectivity index (χ1v) is 8.32. The summed E-state index contributed by atoms with van der Waals surface area (Å²) in [4.78, 5) is 13.5. The molecule has 106 valence electrons. The number of sulfone groups is 1. The zero-order valence-electron chi connectivity index (χ0n) is 10.9. The summed E-state index contributed by atoms with van der Waals surface area (Å²) in [6.45, 7) is 4.61. The molecular weight excluding hydrogens is 332 g/mol.